The Hall–Kier alpha value is -3.69. The molecule has 0 saturated heterocycles. The van der Waals surface area contributed by atoms with Crippen molar-refractivity contribution in [2.75, 3.05) is 27.7 Å². The average molecular weight is 518 g/mol. The molecule has 0 spiro atoms. The Kier molecular flexibility index (Phi) is 7.93. The smallest absolute Gasteiger partial charge is 0.370 e. The second-order valence-electron chi connectivity index (χ2n) is 7.02. The van der Waals surface area contributed by atoms with E-state index in [2.05, 4.69) is 35.6 Å². The van der Waals surface area contributed by atoms with Crippen molar-refractivity contribution in [3.63, 3.8) is 0 Å². The molecule has 188 valence electrons. The van der Waals surface area contributed by atoms with Gasteiger partial charge in [0.05, 0.1) is 24.1 Å². The highest BCUT2D eigenvalue weighted by atomic mass is 32.2. The number of halogens is 5. The Morgan fingerprint density at radius 3 is 2.46 bits per heavy atom. The van der Waals surface area contributed by atoms with Gasteiger partial charge in [-0.3, -0.25) is 4.72 Å². The summed E-state index contributed by atoms with van der Waals surface area (Å²) < 4.78 is 92.4. The molecule has 0 fully saturated rings. The zero-order chi connectivity index (χ0) is 25.6. The van der Waals surface area contributed by atoms with Gasteiger partial charge in [0.2, 0.25) is 10.0 Å². The molecule has 16 heteroatoms. The number of pyridine rings is 1. The molecule has 10 nitrogen and oxygen atoms in total. The third-order valence-corrected chi connectivity index (χ3v) is 5.71. The van der Waals surface area contributed by atoms with Crippen LogP contribution in [0.1, 0.15) is 19.8 Å². The third-order valence-electron chi connectivity index (χ3n) is 4.26. The summed E-state index contributed by atoms with van der Waals surface area (Å²) in [5.74, 6) is -3.59. The molecule has 35 heavy (non-hydrogen) atoms. The molecule has 0 bridgehead atoms. The normalized spacial score (nSPS) is 11.8. The van der Waals surface area contributed by atoms with Crippen molar-refractivity contribution in [2.45, 2.75) is 25.9 Å². The van der Waals surface area contributed by atoms with Gasteiger partial charge in [-0.2, -0.15) is 13.2 Å². The molecule has 3 aromatic rings. The second kappa shape index (κ2) is 10.7. The fraction of sp³-hybridized carbons (Fsp3) is 0.316. The van der Waals surface area contributed by atoms with E-state index in [4.69, 9.17) is 0 Å². The van der Waals surface area contributed by atoms with Gasteiger partial charge in [0.25, 0.3) is 0 Å². The minimum Gasteiger partial charge on any atom is -0.370 e. The van der Waals surface area contributed by atoms with Crippen LogP contribution in [-0.4, -0.2) is 51.8 Å². The van der Waals surface area contributed by atoms with Gasteiger partial charge >= 0.3 is 6.18 Å². The monoisotopic (exact) mass is 518 g/mol. The highest BCUT2D eigenvalue weighted by molar-refractivity contribution is 7.92. The van der Waals surface area contributed by atoms with E-state index in [1.54, 1.807) is 6.92 Å². The number of rotatable bonds is 10. The molecule has 0 unspecified atom stereocenters. The topological polar surface area (TPSA) is 135 Å². The molecule has 3 heterocycles. The number of anilines is 4. The number of hydrogen-bond donors (Lipinski definition) is 3. The molecule has 3 rings (SSSR count). The van der Waals surface area contributed by atoms with Crippen LogP contribution in [0.3, 0.4) is 0 Å². The summed E-state index contributed by atoms with van der Waals surface area (Å²) in [6, 6.07) is 1.29. The van der Waals surface area contributed by atoms with Crippen molar-refractivity contribution < 1.29 is 30.4 Å². The van der Waals surface area contributed by atoms with E-state index in [0.717, 1.165) is 6.33 Å². The van der Waals surface area contributed by atoms with Gasteiger partial charge in [-0.05, 0) is 6.42 Å². The average Bonchev–Trinajstić information content (AvgIpc) is 2.78. The van der Waals surface area contributed by atoms with Crippen LogP contribution in [0.25, 0.3) is 11.4 Å². The van der Waals surface area contributed by atoms with Crippen molar-refractivity contribution >= 4 is 33.2 Å². The van der Waals surface area contributed by atoms with Gasteiger partial charge < -0.3 is 10.6 Å². The summed E-state index contributed by atoms with van der Waals surface area (Å²) in [7, 11) is -3.91. The van der Waals surface area contributed by atoms with Crippen molar-refractivity contribution in [1.82, 2.24) is 24.9 Å². The second-order valence-corrected chi connectivity index (χ2v) is 8.87. The first kappa shape index (κ1) is 25.9. The van der Waals surface area contributed by atoms with E-state index in [1.807, 2.05) is 4.72 Å². The fourth-order valence-corrected chi connectivity index (χ4v) is 3.85. The van der Waals surface area contributed by atoms with E-state index in [0.29, 0.717) is 6.20 Å². The first-order valence-corrected chi connectivity index (χ1v) is 11.7. The minimum absolute atomic E-state index is 0.00232. The Balaban J connectivity index is 1.90. The molecular formula is C19H19F5N8O2S. The number of hydrogen-bond acceptors (Lipinski definition) is 9. The predicted octanol–water partition coefficient (Wildman–Crippen LogP) is 3.87. The fourth-order valence-electron chi connectivity index (χ4n) is 2.77. The molecule has 0 atom stereocenters. The maximum absolute atomic E-state index is 15.0. The molecule has 0 amide bonds. The van der Waals surface area contributed by atoms with Crippen molar-refractivity contribution in [3.8, 4) is 11.4 Å². The van der Waals surface area contributed by atoms with Crippen LogP contribution < -0.4 is 15.4 Å². The highest BCUT2D eigenvalue weighted by Gasteiger charge is 2.26. The van der Waals surface area contributed by atoms with Crippen LogP contribution >= 0.6 is 0 Å². The number of nitrogens with one attached hydrogen (secondary N) is 3. The third kappa shape index (κ3) is 7.14. The van der Waals surface area contributed by atoms with E-state index in [9.17, 15) is 30.4 Å². The maximum Gasteiger partial charge on any atom is 0.390 e. The quantitative estimate of drug-likeness (QED) is 0.342. The SMILES string of the molecule is CCCS(=O)(=O)Nc1ncc(F)c(Nc2nccnc2-c2cc(NCCC(F)(F)F)ncn2)c1F. The number of alkyl halides is 3. The summed E-state index contributed by atoms with van der Waals surface area (Å²) in [5, 5.41) is 4.93. The first-order chi connectivity index (χ1) is 16.5. The summed E-state index contributed by atoms with van der Waals surface area (Å²) in [5.41, 5.74) is -0.671. The van der Waals surface area contributed by atoms with Gasteiger partial charge in [-0.1, -0.05) is 6.92 Å². The van der Waals surface area contributed by atoms with Crippen LogP contribution in [0.2, 0.25) is 0 Å². The molecule has 0 radical (unpaired) electrons. The summed E-state index contributed by atoms with van der Waals surface area (Å²) in [4.78, 5) is 19.4. The molecular weight excluding hydrogens is 499 g/mol. The minimum atomic E-state index is -4.35. The summed E-state index contributed by atoms with van der Waals surface area (Å²) in [6.45, 7) is 1.18. The largest absolute Gasteiger partial charge is 0.390 e. The molecule has 3 N–H and O–H groups in total. The van der Waals surface area contributed by atoms with Crippen molar-refractivity contribution in [1.29, 1.82) is 0 Å². The molecule has 0 aliphatic carbocycles. The Morgan fingerprint density at radius 1 is 1.00 bits per heavy atom. The number of aromatic nitrogens is 5. The van der Waals surface area contributed by atoms with Crippen LogP contribution in [0.4, 0.5) is 45.1 Å². The Labute approximate surface area is 196 Å². The lowest BCUT2D eigenvalue weighted by Gasteiger charge is -2.14. The van der Waals surface area contributed by atoms with Crippen LogP contribution in [-0.2, 0) is 10.0 Å². The maximum atomic E-state index is 15.0. The predicted molar refractivity (Wildman–Crippen MR) is 117 cm³/mol. The Morgan fingerprint density at radius 2 is 1.74 bits per heavy atom. The highest BCUT2D eigenvalue weighted by Crippen LogP contribution is 2.31. The van der Waals surface area contributed by atoms with Crippen molar-refractivity contribution in [2.24, 2.45) is 0 Å². The van der Waals surface area contributed by atoms with E-state index in [1.165, 1.54) is 18.5 Å². The zero-order valence-corrected chi connectivity index (χ0v) is 18.9. The molecule has 0 aliphatic heterocycles. The van der Waals surface area contributed by atoms with Gasteiger partial charge in [-0.25, -0.2) is 42.1 Å². The molecule has 0 aromatic carbocycles. The lowest BCUT2D eigenvalue weighted by atomic mass is 10.2. The lowest BCUT2D eigenvalue weighted by molar-refractivity contribution is -0.131. The van der Waals surface area contributed by atoms with Gasteiger partial charge in [0.1, 0.15) is 23.5 Å². The van der Waals surface area contributed by atoms with E-state index < -0.39 is 52.3 Å². The standard InChI is InChI=1S/C19H19F5N8O2S/c1-2-7-35(33,34)32-17-14(21)15(11(20)9-28-17)31-18-16(26-5-6-27-18)12-8-13(30-10-29-12)25-4-3-19(22,23)24/h5-6,8-10H,2-4,7H2,1H3,(H,25,29,30)(H2,27,28,31,32). The van der Waals surface area contributed by atoms with Crippen molar-refractivity contribution in [3.05, 3.63) is 42.6 Å². The molecule has 0 saturated carbocycles. The summed E-state index contributed by atoms with van der Waals surface area (Å²) in [6.07, 6.45) is -1.00. The van der Waals surface area contributed by atoms with E-state index >= 15 is 0 Å². The summed E-state index contributed by atoms with van der Waals surface area (Å²) >= 11 is 0. The number of sulfonamides is 1. The van der Waals surface area contributed by atoms with Crippen LogP contribution in [0.15, 0.2) is 31.0 Å². The zero-order valence-electron chi connectivity index (χ0n) is 18.1. The number of nitrogens with zero attached hydrogens (tertiary/aromatic N) is 5. The lowest BCUT2D eigenvalue weighted by Crippen LogP contribution is -2.18. The molecule has 0 aliphatic rings. The molecule has 3 aromatic heterocycles. The Bertz CT molecular complexity index is 1290. The van der Waals surface area contributed by atoms with Gasteiger partial charge in [-0.15, -0.1) is 0 Å². The van der Waals surface area contributed by atoms with E-state index in [-0.39, 0.29) is 35.2 Å². The first-order valence-electron chi connectivity index (χ1n) is 10.0. The van der Waals surface area contributed by atoms with Crippen LogP contribution in [0.5, 0.6) is 0 Å². The van der Waals surface area contributed by atoms with Gasteiger partial charge in [0, 0.05) is 25.0 Å². The van der Waals surface area contributed by atoms with Gasteiger partial charge in [0.15, 0.2) is 23.3 Å². The van der Waals surface area contributed by atoms with Crippen LogP contribution in [0, 0.1) is 11.6 Å².